The topological polar surface area (TPSA) is 41.3 Å². The van der Waals surface area contributed by atoms with Gasteiger partial charge in [-0.3, -0.25) is 0 Å². The van der Waals surface area contributed by atoms with Crippen molar-refractivity contribution in [1.82, 2.24) is 5.43 Å². The Morgan fingerprint density at radius 2 is 2.14 bits per heavy atom. The van der Waals surface area contributed by atoms with Crippen LogP contribution in [0.25, 0.3) is 6.08 Å². The molecule has 2 heterocycles. The number of anilines is 1. The highest BCUT2D eigenvalue weighted by Gasteiger charge is 2.31. The predicted molar refractivity (Wildman–Crippen MR) is 54.6 cm³/mol. The van der Waals surface area contributed by atoms with Crippen molar-refractivity contribution in [2.24, 2.45) is 0 Å². The Bertz CT molecular complexity index is 450. The maximum absolute atomic E-state index is 11.3. The van der Waals surface area contributed by atoms with Crippen LogP contribution in [0.2, 0.25) is 0 Å². The van der Waals surface area contributed by atoms with E-state index in [9.17, 15) is 5.21 Å². The van der Waals surface area contributed by atoms with Gasteiger partial charge in [-0.25, -0.2) is 10.3 Å². The first kappa shape index (κ1) is 7.44. The van der Waals surface area contributed by atoms with Gasteiger partial charge in [0, 0.05) is 11.6 Å². The number of nitrogens with zero attached hydrogens (tertiary/aromatic N) is 2. The molecule has 4 nitrogen and oxygen atoms in total. The van der Waals surface area contributed by atoms with Crippen LogP contribution in [0.4, 0.5) is 5.69 Å². The molecule has 14 heavy (non-hydrogen) atoms. The summed E-state index contributed by atoms with van der Waals surface area (Å²) in [5.41, 5.74) is 4.94. The molecule has 1 aromatic carbocycles. The van der Waals surface area contributed by atoms with E-state index in [0.717, 1.165) is 16.1 Å². The molecule has 0 saturated heterocycles. The summed E-state index contributed by atoms with van der Waals surface area (Å²) >= 11 is 0. The maximum atomic E-state index is 11.3. The molecule has 0 atom stereocenters. The summed E-state index contributed by atoms with van der Waals surface area (Å²) in [6.07, 6.45) is 3.79. The van der Waals surface area contributed by atoms with Crippen LogP contribution in [0.15, 0.2) is 30.3 Å². The molecule has 3 rings (SSSR count). The molecule has 0 aromatic heterocycles. The van der Waals surface area contributed by atoms with Crippen molar-refractivity contribution in [1.29, 1.82) is 0 Å². The van der Waals surface area contributed by atoms with E-state index in [1.54, 1.807) is 0 Å². The minimum absolute atomic E-state index is 0.542. The molecule has 4 heteroatoms. The fraction of sp³-hybridized carbons (Fsp3) is 0.100. The van der Waals surface area contributed by atoms with E-state index in [-0.39, 0.29) is 0 Å². The number of hydrazine groups is 1. The van der Waals surface area contributed by atoms with E-state index in [0.29, 0.717) is 12.5 Å². The highest BCUT2D eigenvalue weighted by Crippen LogP contribution is 2.26. The van der Waals surface area contributed by atoms with Crippen LogP contribution >= 0.6 is 0 Å². The lowest BCUT2D eigenvalue weighted by molar-refractivity contribution is -0.512. The van der Waals surface area contributed by atoms with Crippen LogP contribution in [0, 0.1) is 5.21 Å². The maximum Gasteiger partial charge on any atom is 0.305 e. The molecule has 0 saturated carbocycles. The van der Waals surface area contributed by atoms with Gasteiger partial charge in [0.25, 0.3) is 0 Å². The van der Waals surface area contributed by atoms with Crippen molar-refractivity contribution in [2.45, 2.75) is 0 Å². The molecule has 0 unspecified atom stereocenters. The summed E-state index contributed by atoms with van der Waals surface area (Å²) in [4.78, 5) is 2.76. The van der Waals surface area contributed by atoms with Crippen LogP contribution < -0.4 is 10.3 Å². The number of fused-ring (bicyclic) bond motifs is 3. The van der Waals surface area contributed by atoms with E-state index < -0.39 is 0 Å². The highest BCUT2D eigenvalue weighted by molar-refractivity contribution is 6.09. The minimum Gasteiger partial charge on any atom is -0.692 e. The lowest BCUT2D eigenvalue weighted by Crippen LogP contribution is -2.30. The Balaban J connectivity index is 2.20. The van der Waals surface area contributed by atoms with E-state index in [2.05, 4.69) is 5.43 Å². The van der Waals surface area contributed by atoms with Gasteiger partial charge >= 0.3 is 5.84 Å². The first-order valence-electron chi connectivity index (χ1n) is 4.48. The van der Waals surface area contributed by atoms with Crippen molar-refractivity contribution >= 4 is 17.6 Å². The van der Waals surface area contributed by atoms with Gasteiger partial charge in [-0.05, 0) is 12.1 Å². The fourth-order valence-electron chi connectivity index (χ4n) is 1.81. The number of benzene rings is 1. The van der Waals surface area contributed by atoms with Gasteiger partial charge in [0.1, 0.15) is 5.69 Å². The zero-order chi connectivity index (χ0) is 9.54. The van der Waals surface area contributed by atoms with Crippen molar-refractivity contribution in [3.8, 4) is 0 Å². The smallest absolute Gasteiger partial charge is 0.305 e. The van der Waals surface area contributed by atoms with E-state index in [1.165, 1.54) is 0 Å². The lowest BCUT2D eigenvalue weighted by atomic mass is 10.1. The molecule has 0 bridgehead atoms. The van der Waals surface area contributed by atoms with Crippen LogP contribution in [0.1, 0.15) is 5.56 Å². The Morgan fingerprint density at radius 3 is 3.07 bits per heavy atom. The molecular weight excluding hydrogens is 178 g/mol. The van der Waals surface area contributed by atoms with Crippen LogP contribution in [-0.4, -0.2) is 17.4 Å². The van der Waals surface area contributed by atoms with Crippen molar-refractivity contribution in [3.63, 3.8) is 0 Å². The molecule has 2 aliphatic rings. The second-order valence-electron chi connectivity index (χ2n) is 3.29. The molecule has 0 radical (unpaired) electrons. The van der Waals surface area contributed by atoms with Gasteiger partial charge in [0.15, 0.2) is 6.67 Å². The van der Waals surface area contributed by atoms with Crippen molar-refractivity contribution in [3.05, 3.63) is 41.1 Å². The van der Waals surface area contributed by atoms with Crippen molar-refractivity contribution < 1.29 is 4.85 Å². The van der Waals surface area contributed by atoms with Crippen molar-refractivity contribution in [2.75, 3.05) is 11.6 Å². The molecular formula is C10H9N3O. The number of nitrogens with one attached hydrogen (secondary N) is 1. The summed E-state index contributed by atoms with van der Waals surface area (Å²) in [6.45, 7) is 0.542. The minimum atomic E-state index is 0.542. The zero-order valence-electron chi connectivity index (χ0n) is 7.47. The number of rotatable bonds is 0. The van der Waals surface area contributed by atoms with Gasteiger partial charge in [-0.2, -0.15) is 4.85 Å². The zero-order valence-corrected chi connectivity index (χ0v) is 7.47. The second kappa shape index (κ2) is 2.51. The number of hydrogen-bond acceptors (Lipinski definition) is 3. The Labute approximate surface area is 81.3 Å². The number of hydrazone groups is 1. The van der Waals surface area contributed by atoms with Gasteiger partial charge in [0.2, 0.25) is 0 Å². The molecule has 1 aromatic rings. The average molecular weight is 187 g/mol. The van der Waals surface area contributed by atoms with Gasteiger partial charge in [-0.1, -0.05) is 18.2 Å². The molecule has 0 aliphatic carbocycles. The Kier molecular flexibility index (Phi) is 1.33. The van der Waals surface area contributed by atoms with Crippen LogP contribution in [0.3, 0.4) is 0 Å². The summed E-state index contributed by atoms with van der Waals surface area (Å²) in [7, 11) is 0. The normalized spacial score (nSPS) is 17.9. The third-order valence-corrected chi connectivity index (χ3v) is 2.50. The summed E-state index contributed by atoms with van der Waals surface area (Å²) in [5, 5.41) is 11.3. The number of hydrogen-bond donors (Lipinski definition) is 1. The van der Waals surface area contributed by atoms with Crippen LogP contribution in [-0.2, 0) is 0 Å². The van der Waals surface area contributed by atoms with Gasteiger partial charge < -0.3 is 5.21 Å². The summed E-state index contributed by atoms with van der Waals surface area (Å²) in [6, 6.07) is 8.02. The third kappa shape index (κ3) is 0.849. The SMILES string of the molecule is [O-][N+]1=C2C=Cc3ccccc3N2CN1. The molecule has 0 spiro atoms. The van der Waals surface area contributed by atoms with Crippen LogP contribution in [0.5, 0.6) is 0 Å². The quantitative estimate of drug-likeness (QED) is 0.484. The molecule has 1 N–H and O–H groups in total. The van der Waals surface area contributed by atoms with E-state index in [4.69, 9.17) is 0 Å². The number of para-hydroxylation sites is 1. The fourth-order valence-corrected chi connectivity index (χ4v) is 1.81. The molecule has 0 amide bonds. The Morgan fingerprint density at radius 1 is 1.29 bits per heavy atom. The second-order valence-corrected chi connectivity index (χ2v) is 3.29. The third-order valence-electron chi connectivity index (χ3n) is 2.50. The molecule has 2 aliphatic heterocycles. The first-order chi connectivity index (χ1) is 6.86. The monoisotopic (exact) mass is 187 g/mol. The summed E-state index contributed by atoms with van der Waals surface area (Å²) in [5.74, 6) is 0.656. The lowest BCUT2D eigenvalue weighted by Gasteiger charge is -2.15. The molecule has 0 fully saturated rings. The largest absolute Gasteiger partial charge is 0.692 e. The highest BCUT2D eigenvalue weighted by atomic mass is 16.5. The average Bonchev–Trinajstić information content (AvgIpc) is 2.61. The van der Waals surface area contributed by atoms with E-state index >= 15 is 0 Å². The predicted octanol–water partition coefficient (Wildman–Crippen LogP) is 0.904. The first-order valence-corrected chi connectivity index (χ1v) is 4.48. The van der Waals surface area contributed by atoms with E-state index in [1.807, 2.05) is 41.3 Å². The summed E-state index contributed by atoms with van der Waals surface area (Å²) < 4.78 is 0. The Hall–Kier alpha value is -1.97. The number of amidine groups is 1. The molecule has 70 valence electrons. The van der Waals surface area contributed by atoms with Gasteiger partial charge in [0.05, 0.1) is 0 Å². The standard InChI is InChI=1S/C10H9N3O/c14-13-10-6-5-8-3-1-2-4-9(8)12(10)7-11-13/h1-6,11H,7H2. The van der Waals surface area contributed by atoms with Gasteiger partial charge in [-0.15, -0.1) is 0 Å².